The van der Waals surface area contributed by atoms with Gasteiger partial charge in [0.2, 0.25) is 0 Å². The summed E-state index contributed by atoms with van der Waals surface area (Å²) in [6.45, 7) is 0. The average Bonchev–Trinajstić information content (AvgIpc) is 3.01. The Morgan fingerprint density at radius 1 is 0.750 bits per heavy atom. The lowest BCUT2D eigenvalue weighted by Crippen LogP contribution is -1.95. The van der Waals surface area contributed by atoms with Gasteiger partial charge < -0.3 is 0 Å². The lowest BCUT2D eigenvalue weighted by molar-refractivity contribution is 0.996. The maximum absolute atomic E-state index is 6.24. The molecular formula is C21H13ClN2. The first-order chi connectivity index (χ1) is 11.8. The SMILES string of the molecule is Clc1ccc2c(c1)cc(-c1ccccc1)n1nc3ccccc3c21. The number of nitrogens with zero attached hydrogens (tertiary/aromatic N) is 2. The van der Waals surface area contributed by atoms with Crippen LogP contribution in [-0.4, -0.2) is 9.61 Å². The maximum Gasteiger partial charge on any atom is 0.0934 e. The zero-order valence-corrected chi connectivity index (χ0v) is 13.5. The van der Waals surface area contributed by atoms with Crippen LogP contribution in [0.1, 0.15) is 0 Å². The van der Waals surface area contributed by atoms with Crippen LogP contribution < -0.4 is 0 Å². The minimum atomic E-state index is 0.745. The summed E-state index contributed by atoms with van der Waals surface area (Å²) in [5, 5.41) is 9.03. The lowest BCUT2D eigenvalue weighted by atomic mass is 10.0. The van der Waals surface area contributed by atoms with Crippen LogP contribution in [0.5, 0.6) is 0 Å². The summed E-state index contributed by atoms with van der Waals surface area (Å²) in [6.07, 6.45) is 0. The molecule has 0 amide bonds. The Labute approximate surface area is 143 Å². The number of rotatable bonds is 1. The van der Waals surface area contributed by atoms with Crippen molar-refractivity contribution in [1.29, 1.82) is 0 Å². The van der Waals surface area contributed by atoms with E-state index in [9.17, 15) is 0 Å². The Kier molecular flexibility index (Phi) is 2.88. The first kappa shape index (κ1) is 13.6. The molecule has 3 aromatic carbocycles. The second kappa shape index (κ2) is 5.08. The molecule has 0 bridgehead atoms. The van der Waals surface area contributed by atoms with Crippen molar-refractivity contribution in [1.82, 2.24) is 9.61 Å². The summed E-state index contributed by atoms with van der Waals surface area (Å²) in [6, 6.07) is 26.8. The number of hydrogen-bond acceptors (Lipinski definition) is 1. The number of aromatic nitrogens is 2. The number of halogens is 1. The standard InChI is InChI=1S/C21H13ClN2/c22-16-10-11-17-15(12-16)13-20(14-6-2-1-3-7-14)24-21(17)18-8-4-5-9-19(18)23-24/h1-13H. The summed E-state index contributed by atoms with van der Waals surface area (Å²) in [5.74, 6) is 0. The predicted molar refractivity (Wildman–Crippen MR) is 101 cm³/mol. The molecule has 5 rings (SSSR count). The van der Waals surface area contributed by atoms with Gasteiger partial charge in [0, 0.05) is 21.4 Å². The molecule has 0 aliphatic heterocycles. The second-order valence-electron chi connectivity index (χ2n) is 5.90. The molecule has 0 spiro atoms. The first-order valence-electron chi connectivity index (χ1n) is 7.86. The number of benzene rings is 3. The summed E-state index contributed by atoms with van der Waals surface area (Å²) >= 11 is 6.24. The van der Waals surface area contributed by atoms with Crippen molar-refractivity contribution in [3.8, 4) is 11.3 Å². The van der Waals surface area contributed by atoms with E-state index in [1.807, 2.05) is 36.4 Å². The van der Waals surface area contributed by atoms with Crippen molar-refractivity contribution >= 4 is 38.8 Å². The van der Waals surface area contributed by atoms with E-state index in [2.05, 4.69) is 47.0 Å². The van der Waals surface area contributed by atoms with Gasteiger partial charge in [0.1, 0.15) is 0 Å². The molecule has 2 nitrogen and oxygen atoms in total. The third-order valence-corrected chi connectivity index (χ3v) is 4.67. The van der Waals surface area contributed by atoms with Crippen LogP contribution in [-0.2, 0) is 0 Å². The fourth-order valence-electron chi connectivity index (χ4n) is 3.36. The zero-order valence-electron chi connectivity index (χ0n) is 12.8. The van der Waals surface area contributed by atoms with Crippen LogP contribution >= 0.6 is 11.6 Å². The van der Waals surface area contributed by atoms with Gasteiger partial charge in [0.05, 0.1) is 16.7 Å². The van der Waals surface area contributed by atoms with Gasteiger partial charge in [-0.3, -0.25) is 0 Å². The van der Waals surface area contributed by atoms with Gasteiger partial charge in [-0.15, -0.1) is 0 Å². The minimum absolute atomic E-state index is 0.745. The fourth-order valence-corrected chi connectivity index (χ4v) is 3.54. The Morgan fingerprint density at radius 2 is 1.54 bits per heavy atom. The van der Waals surface area contributed by atoms with E-state index in [-0.39, 0.29) is 0 Å². The van der Waals surface area contributed by atoms with Crippen molar-refractivity contribution in [2.75, 3.05) is 0 Å². The third-order valence-electron chi connectivity index (χ3n) is 4.44. The van der Waals surface area contributed by atoms with Crippen molar-refractivity contribution in [2.24, 2.45) is 0 Å². The highest BCUT2D eigenvalue weighted by Gasteiger charge is 2.13. The highest BCUT2D eigenvalue weighted by molar-refractivity contribution is 6.31. The summed E-state index contributed by atoms with van der Waals surface area (Å²) in [5.41, 5.74) is 4.32. The van der Waals surface area contributed by atoms with Crippen LogP contribution in [0.4, 0.5) is 0 Å². The number of fused-ring (bicyclic) bond motifs is 5. The highest BCUT2D eigenvalue weighted by atomic mass is 35.5. The zero-order chi connectivity index (χ0) is 16.1. The van der Waals surface area contributed by atoms with E-state index in [0.717, 1.165) is 43.5 Å². The molecule has 0 radical (unpaired) electrons. The summed E-state index contributed by atoms with van der Waals surface area (Å²) < 4.78 is 2.05. The van der Waals surface area contributed by atoms with Crippen LogP contribution in [0.3, 0.4) is 0 Å². The largest absolute Gasteiger partial charge is 0.231 e. The summed E-state index contributed by atoms with van der Waals surface area (Å²) in [7, 11) is 0. The van der Waals surface area contributed by atoms with Gasteiger partial charge >= 0.3 is 0 Å². The quantitative estimate of drug-likeness (QED) is 0.371. The van der Waals surface area contributed by atoms with Crippen LogP contribution in [0.15, 0.2) is 78.9 Å². The van der Waals surface area contributed by atoms with Gasteiger partial charge in [-0.1, -0.05) is 66.2 Å². The molecule has 114 valence electrons. The molecule has 0 N–H and O–H groups in total. The first-order valence-corrected chi connectivity index (χ1v) is 8.24. The van der Waals surface area contributed by atoms with Gasteiger partial charge in [-0.25, -0.2) is 4.52 Å². The van der Waals surface area contributed by atoms with E-state index in [1.54, 1.807) is 0 Å². The Bertz CT molecular complexity index is 1210. The second-order valence-corrected chi connectivity index (χ2v) is 6.34. The molecule has 0 atom stereocenters. The molecule has 0 aliphatic carbocycles. The topological polar surface area (TPSA) is 17.3 Å². The molecule has 0 unspecified atom stereocenters. The van der Waals surface area contributed by atoms with Crippen molar-refractivity contribution < 1.29 is 0 Å². The highest BCUT2D eigenvalue weighted by Crippen LogP contribution is 2.33. The van der Waals surface area contributed by atoms with E-state index in [4.69, 9.17) is 16.7 Å². The molecule has 24 heavy (non-hydrogen) atoms. The molecule has 0 fully saturated rings. The van der Waals surface area contributed by atoms with Crippen LogP contribution in [0.25, 0.3) is 38.4 Å². The normalized spacial score (nSPS) is 11.5. The van der Waals surface area contributed by atoms with Crippen LogP contribution in [0, 0.1) is 0 Å². The number of hydrogen-bond donors (Lipinski definition) is 0. The molecule has 0 saturated carbocycles. The van der Waals surface area contributed by atoms with Crippen molar-refractivity contribution in [3.63, 3.8) is 0 Å². The van der Waals surface area contributed by atoms with E-state index >= 15 is 0 Å². The Balaban J connectivity index is 2.05. The Morgan fingerprint density at radius 3 is 2.42 bits per heavy atom. The molecule has 3 heteroatoms. The smallest absolute Gasteiger partial charge is 0.0934 e. The average molecular weight is 329 g/mol. The molecular weight excluding hydrogens is 316 g/mol. The molecule has 5 aromatic rings. The lowest BCUT2D eigenvalue weighted by Gasteiger charge is -2.09. The minimum Gasteiger partial charge on any atom is -0.231 e. The monoisotopic (exact) mass is 328 g/mol. The van der Waals surface area contributed by atoms with Gasteiger partial charge in [-0.2, -0.15) is 5.10 Å². The molecule has 0 saturated heterocycles. The maximum atomic E-state index is 6.24. The van der Waals surface area contributed by atoms with Gasteiger partial charge in [0.25, 0.3) is 0 Å². The number of pyridine rings is 1. The van der Waals surface area contributed by atoms with E-state index in [0.29, 0.717) is 0 Å². The molecule has 2 heterocycles. The Hall–Kier alpha value is -2.84. The van der Waals surface area contributed by atoms with Gasteiger partial charge in [0.15, 0.2) is 0 Å². The molecule has 0 aliphatic rings. The fraction of sp³-hybridized carbons (Fsp3) is 0. The molecule has 2 aromatic heterocycles. The van der Waals surface area contributed by atoms with Gasteiger partial charge in [-0.05, 0) is 29.7 Å². The van der Waals surface area contributed by atoms with Crippen molar-refractivity contribution in [3.05, 3.63) is 83.9 Å². The van der Waals surface area contributed by atoms with E-state index < -0.39 is 0 Å². The van der Waals surface area contributed by atoms with E-state index in [1.165, 1.54) is 0 Å². The predicted octanol–water partition coefficient (Wildman–Crippen LogP) is 5.96. The van der Waals surface area contributed by atoms with Crippen molar-refractivity contribution in [2.45, 2.75) is 0 Å². The summed E-state index contributed by atoms with van der Waals surface area (Å²) in [4.78, 5) is 0. The third kappa shape index (κ3) is 1.93. The van der Waals surface area contributed by atoms with Crippen LogP contribution in [0.2, 0.25) is 5.02 Å².